The minimum absolute atomic E-state index is 0.0843. The summed E-state index contributed by atoms with van der Waals surface area (Å²) >= 11 is 5.80. The Morgan fingerprint density at radius 1 is 1.35 bits per heavy atom. The standard InChI is InChI=1S/C12H12ClF3O/c1-11(4-5-11)8-2-3-9(13)10(6-8)17-7-12(14,15)16/h2-3,6H,4-5,7H2,1H3. The van der Waals surface area contributed by atoms with Crippen molar-refractivity contribution in [3.05, 3.63) is 28.8 Å². The summed E-state index contributed by atoms with van der Waals surface area (Å²) < 4.78 is 40.9. The average molecular weight is 265 g/mol. The smallest absolute Gasteiger partial charge is 0.422 e. The van der Waals surface area contributed by atoms with Crippen molar-refractivity contribution in [1.82, 2.24) is 0 Å². The van der Waals surface area contributed by atoms with Crippen LogP contribution in [0, 0.1) is 0 Å². The Bertz CT molecular complexity index is 424. The van der Waals surface area contributed by atoms with Gasteiger partial charge in [0.2, 0.25) is 0 Å². The zero-order chi connectivity index (χ0) is 12.7. The van der Waals surface area contributed by atoms with E-state index >= 15 is 0 Å². The van der Waals surface area contributed by atoms with Gasteiger partial charge in [0, 0.05) is 0 Å². The largest absolute Gasteiger partial charge is 0.483 e. The first-order valence-electron chi connectivity index (χ1n) is 5.30. The summed E-state index contributed by atoms with van der Waals surface area (Å²) in [6, 6.07) is 5.04. The molecule has 2 rings (SSSR count). The minimum Gasteiger partial charge on any atom is -0.483 e. The van der Waals surface area contributed by atoms with Crippen molar-refractivity contribution in [2.24, 2.45) is 0 Å². The van der Waals surface area contributed by atoms with E-state index in [1.165, 1.54) is 0 Å². The molecule has 0 saturated heterocycles. The van der Waals surface area contributed by atoms with Crippen LogP contribution in [0.2, 0.25) is 5.02 Å². The van der Waals surface area contributed by atoms with Gasteiger partial charge in [0.15, 0.2) is 6.61 Å². The molecule has 0 aromatic heterocycles. The second kappa shape index (κ2) is 4.09. The lowest BCUT2D eigenvalue weighted by atomic mass is 9.98. The first-order valence-corrected chi connectivity index (χ1v) is 5.68. The highest BCUT2D eigenvalue weighted by Gasteiger charge is 2.39. The molecule has 94 valence electrons. The van der Waals surface area contributed by atoms with Crippen LogP contribution in [0.25, 0.3) is 0 Å². The third-order valence-corrected chi connectivity index (χ3v) is 3.33. The third kappa shape index (κ3) is 3.06. The van der Waals surface area contributed by atoms with Gasteiger partial charge in [-0.1, -0.05) is 24.6 Å². The van der Waals surface area contributed by atoms with E-state index in [9.17, 15) is 13.2 Å². The fourth-order valence-electron chi connectivity index (χ4n) is 1.63. The molecule has 0 aliphatic heterocycles. The van der Waals surface area contributed by atoms with Crippen molar-refractivity contribution in [3.63, 3.8) is 0 Å². The molecular weight excluding hydrogens is 253 g/mol. The molecule has 0 N–H and O–H groups in total. The lowest BCUT2D eigenvalue weighted by molar-refractivity contribution is -0.153. The van der Waals surface area contributed by atoms with Gasteiger partial charge in [-0.05, 0) is 36.0 Å². The van der Waals surface area contributed by atoms with Crippen molar-refractivity contribution in [3.8, 4) is 5.75 Å². The molecule has 1 aliphatic carbocycles. The number of rotatable bonds is 3. The van der Waals surface area contributed by atoms with Crippen LogP contribution in [0.3, 0.4) is 0 Å². The number of hydrogen-bond donors (Lipinski definition) is 0. The summed E-state index contributed by atoms with van der Waals surface area (Å²) in [5, 5.41) is 0.210. The maximum Gasteiger partial charge on any atom is 0.422 e. The molecule has 0 unspecified atom stereocenters. The lowest BCUT2D eigenvalue weighted by Crippen LogP contribution is -2.19. The summed E-state index contributed by atoms with van der Waals surface area (Å²) in [6.45, 7) is 0.761. The van der Waals surface area contributed by atoms with E-state index < -0.39 is 12.8 Å². The summed E-state index contributed by atoms with van der Waals surface area (Å²) in [5.41, 5.74) is 1.07. The molecule has 0 heterocycles. The first-order chi connectivity index (χ1) is 7.80. The summed E-state index contributed by atoms with van der Waals surface area (Å²) in [4.78, 5) is 0. The zero-order valence-corrected chi connectivity index (χ0v) is 10.0. The van der Waals surface area contributed by atoms with Crippen molar-refractivity contribution < 1.29 is 17.9 Å². The number of ether oxygens (including phenoxy) is 1. The molecule has 1 aromatic rings. The van der Waals surface area contributed by atoms with Gasteiger partial charge in [0.25, 0.3) is 0 Å². The van der Waals surface area contributed by atoms with Crippen LogP contribution in [-0.4, -0.2) is 12.8 Å². The fraction of sp³-hybridized carbons (Fsp3) is 0.500. The normalized spacial score (nSPS) is 17.9. The van der Waals surface area contributed by atoms with E-state index in [4.69, 9.17) is 16.3 Å². The zero-order valence-electron chi connectivity index (χ0n) is 9.27. The molecular formula is C12H12ClF3O. The Morgan fingerprint density at radius 2 is 2.00 bits per heavy atom. The highest BCUT2D eigenvalue weighted by molar-refractivity contribution is 6.32. The Labute approximate surface area is 103 Å². The minimum atomic E-state index is -4.34. The van der Waals surface area contributed by atoms with Crippen LogP contribution in [0.1, 0.15) is 25.3 Å². The highest BCUT2D eigenvalue weighted by atomic mass is 35.5. The molecule has 5 heteroatoms. The fourth-order valence-corrected chi connectivity index (χ4v) is 1.80. The molecule has 1 aromatic carbocycles. The number of benzene rings is 1. The SMILES string of the molecule is CC1(c2ccc(Cl)c(OCC(F)(F)F)c2)CC1. The Balaban J connectivity index is 2.15. The molecule has 17 heavy (non-hydrogen) atoms. The topological polar surface area (TPSA) is 9.23 Å². The van der Waals surface area contributed by atoms with Gasteiger partial charge in [-0.25, -0.2) is 0 Å². The molecule has 0 atom stereocenters. The van der Waals surface area contributed by atoms with Crippen molar-refractivity contribution in [2.75, 3.05) is 6.61 Å². The molecule has 0 spiro atoms. The van der Waals surface area contributed by atoms with Crippen LogP contribution in [0.15, 0.2) is 18.2 Å². The van der Waals surface area contributed by atoms with Gasteiger partial charge in [-0.2, -0.15) is 13.2 Å². The van der Waals surface area contributed by atoms with Crippen LogP contribution >= 0.6 is 11.6 Å². The van der Waals surface area contributed by atoms with Gasteiger partial charge in [0.05, 0.1) is 5.02 Å². The van der Waals surface area contributed by atoms with Crippen LogP contribution < -0.4 is 4.74 Å². The number of alkyl halides is 3. The summed E-state index contributed by atoms with van der Waals surface area (Å²) in [7, 11) is 0. The average Bonchev–Trinajstić information content (AvgIpc) is 2.95. The number of halogens is 4. The Hall–Kier alpha value is -0.900. The number of hydrogen-bond acceptors (Lipinski definition) is 1. The Kier molecular flexibility index (Phi) is 3.02. The van der Waals surface area contributed by atoms with Gasteiger partial charge < -0.3 is 4.74 Å². The second-order valence-electron chi connectivity index (χ2n) is 4.61. The van der Waals surface area contributed by atoms with Gasteiger partial charge in [0.1, 0.15) is 5.75 Å². The van der Waals surface area contributed by atoms with E-state index in [0.717, 1.165) is 18.4 Å². The monoisotopic (exact) mass is 264 g/mol. The second-order valence-corrected chi connectivity index (χ2v) is 5.02. The van der Waals surface area contributed by atoms with E-state index in [1.807, 2.05) is 6.07 Å². The maximum atomic E-state index is 12.1. The van der Waals surface area contributed by atoms with E-state index in [2.05, 4.69) is 6.92 Å². The predicted octanol–water partition coefficient (Wildman–Crippen LogP) is 4.33. The maximum absolute atomic E-state index is 12.1. The van der Waals surface area contributed by atoms with Crippen molar-refractivity contribution in [1.29, 1.82) is 0 Å². The molecule has 1 nitrogen and oxygen atoms in total. The molecule has 0 amide bonds. The van der Waals surface area contributed by atoms with Gasteiger partial charge in [-0.15, -0.1) is 0 Å². The first kappa shape index (κ1) is 12.6. The predicted molar refractivity (Wildman–Crippen MR) is 59.6 cm³/mol. The van der Waals surface area contributed by atoms with E-state index in [1.54, 1.807) is 12.1 Å². The van der Waals surface area contributed by atoms with Gasteiger partial charge >= 0.3 is 6.18 Å². The van der Waals surface area contributed by atoms with Crippen molar-refractivity contribution >= 4 is 11.6 Å². The van der Waals surface area contributed by atoms with Crippen LogP contribution in [0.5, 0.6) is 5.75 Å². The summed E-state index contributed by atoms with van der Waals surface area (Å²) in [6.07, 6.45) is -2.25. The Morgan fingerprint density at radius 3 is 2.53 bits per heavy atom. The van der Waals surface area contributed by atoms with E-state index in [0.29, 0.717) is 0 Å². The highest BCUT2D eigenvalue weighted by Crippen LogP contribution is 2.48. The third-order valence-electron chi connectivity index (χ3n) is 3.02. The molecule has 0 radical (unpaired) electrons. The molecule has 1 saturated carbocycles. The van der Waals surface area contributed by atoms with E-state index in [-0.39, 0.29) is 16.2 Å². The molecule has 0 bridgehead atoms. The summed E-state index contributed by atoms with van der Waals surface area (Å²) in [5.74, 6) is 0.106. The molecule has 1 aliphatic rings. The lowest BCUT2D eigenvalue weighted by Gasteiger charge is -2.14. The molecule has 1 fully saturated rings. The quantitative estimate of drug-likeness (QED) is 0.789. The van der Waals surface area contributed by atoms with Gasteiger partial charge in [-0.3, -0.25) is 0 Å². The van der Waals surface area contributed by atoms with Crippen LogP contribution in [-0.2, 0) is 5.41 Å². The van der Waals surface area contributed by atoms with Crippen LogP contribution in [0.4, 0.5) is 13.2 Å². The van der Waals surface area contributed by atoms with Crippen molar-refractivity contribution in [2.45, 2.75) is 31.4 Å².